The van der Waals surface area contributed by atoms with E-state index in [9.17, 15) is 17.6 Å². The van der Waals surface area contributed by atoms with Crippen LogP contribution in [-0.2, 0) is 0 Å². The molecule has 1 heterocycles. The van der Waals surface area contributed by atoms with E-state index in [4.69, 9.17) is 5.11 Å². The molecule has 0 aliphatic rings. The van der Waals surface area contributed by atoms with Crippen LogP contribution in [0.3, 0.4) is 0 Å². The molecule has 4 nitrogen and oxygen atoms in total. The third kappa shape index (κ3) is 3.66. The maximum absolute atomic E-state index is 12.5. The van der Waals surface area contributed by atoms with Crippen molar-refractivity contribution in [2.45, 2.75) is 5.92 Å². The second-order valence-electron chi connectivity index (χ2n) is 2.71. The van der Waals surface area contributed by atoms with Crippen LogP contribution >= 0.6 is 0 Å². The number of alkyl halides is 2. The van der Waals surface area contributed by atoms with Crippen LogP contribution in [0.4, 0.5) is 23.4 Å². The first-order chi connectivity index (χ1) is 6.93. The van der Waals surface area contributed by atoms with Gasteiger partial charge in [0.1, 0.15) is 12.4 Å². The van der Waals surface area contributed by atoms with Gasteiger partial charge in [0.25, 0.3) is 5.92 Å². The number of nitrogens with zero attached hydrogens (tertiary/aromatic N) is 2. The standard InChI is InChI=1S/C7H7F4N3O/c8-4-1-5(14-6(9)13-4)12-2-7(10,11)3-15/h1,15H,2-3H2,(H,12,13,14). The molecule has 0 amide bonds. The van der Waals surface area contributed by atoms with E-state index in [1.165, 1.54) is 0 Å². The lowest BCUT2D eigenvalue weighted by Crippen LogP contribution is -2.31. The molecule has 0 aromatic carbocycles. The summed E-state index contributed by atoms with van der Waals surface area (Å²) in [6.45, 7) is -2.34. The molecule has 0 saturated heterocycles. The fourth-order valence-electron chi connectivity index (χ4n) is 0.756. The highest BCUT2D eigenvalue weighted by atomic mass is 19.3. The largest absolute Gasteiger partial charge is 0.390 e. The highest BCUT2D eigenvalue weighted by Crippen LogP contribution is 2.13. The van der Waals surface area contributed by atoms with E-state index in [2.05, 4.69) is 9.97 Å². The number of anilines is 1. The Morgan fingerprint density at radius 3 is 2.53 bits per heavy atom. The molecule has 8 heteroatoms. The quantitative estimate of drug-likeness (QED) is 0.452. The molecule has 0 bridgehead atoms. The lowest BCUT2D eigenvalue weighted by atomic mass is 10.3. The van der Waals surface area contributed by atoms with Crippen molar-refractivity contribution in [2.24, 2.45) is 0 Å². The van der Waals surface area contributed by atoms with Crippen LogP contribution in [0.2, 0.25) is 0 Å². The van der Waals surface area contributed by atoms with E-state index in [0.29, 0.717) is 6.07 Å². The lowest BCUT2D eigenvalue weighted by Gasteiger charge is -2.13. The number of hydrogen-bond acceptors (Lipinski definition) is 4. The second kappa shape index (κ2) is 4.39. The van der Waals surface area contributed by atoms with Gasteiger partial charge in [-0.3, -0.25) is 0 Å². The molecule has 0 aliphatic heterocycles. The number of aliphatic hydroxyl groups is 1. The summed E-state index contributed by atoms with van der Waals surface area (Å²) in [7, 11) is 0. The number of hydrogen-bond donors (Lipinski definition) is 2. The van der Waals surface area contributed by atoms with Crippen molar-refractivity contribution in [2.75, 3.05) is 18.5 Å². The van der Waals surface area contributed by atoms with Gasteiger partial charge in [-0.15, -0.1) is 0 Å². The van der Waals surface area contributed by atoms with E-state index in [1.54, 1.807) is 0 Å². The van der Waals surface area contributed by atoms with Crippen molar-refractivity contribution in [3.8, 4) is 0 Å². The Morgan fingerprint density at radius 1 is 1.33 bits per heavy atom. The van der Waals surface area contributed by atoms with Crippen LogP contribution < -0.4 is 5.32 Å². The van der Waals surface area contributed by atoms with Crippen LogP contribution in [0.1, 0.15) is 0 Å². The van der Waals surface area contributed by atoms with Gasteiger partial charge in [-0.1, -0.05) is 0 Å². The highest BCUT2D eigenvalue weighted by molar-refractivity contribution is 5.32. The fourth-order valence-corrected chi connectivity index (χ4v) is 0.756. The molecular weight excluding hydrogens is 218 g/mol. The van der Waals surface area contributed by atoms with Crippen LogP contribution in [-0.4, -0.2) is 34.1 Å². The van der Waals surface area contributed by atoms with E-state index in [1.807, 2.05) is 5.32 Å². The first-order valence-electron chi connectivity index (χ1n) is 3.85. The lowest BCUT2D eigenvalue weighted by molar-refractivity contribution is -0.0373. The van der Waals surface area contributed by atoms with Crippen molar-refractivity contribution in [3.05, 3.63) is 18.1 Å². The minimum Gasteiger partial charge on any atom is -0.390 e. The smallest absolute Gasteiger partial charge is 0.313 e. The Bertz CT molecular complexity index is 327. The maximum Gasteiger partial charge on any atom is 0.313 e. The zero-order valence-electron chi connectivity index (χ0n) is 7.35. The minimum absolute atomic E-state index is 0.409. The van der Waals surface area contributed by atoms with Gasteiger partial charge in [0.15, 0.2) is 0 Å². The van der Waals surface area contributed by atoms with Crippen molar-refractivity contribution in [1.29, 1.82) is 0 Å². The fraction of sp³-hybridized carbons (Fsp3) is 0.429. The summed E-state index contributed by atoms with van der Waals surface area (Å²) in [6.07, 6.45) is -1.36. The molecule has 84 valence electrons. The van der Waals surface area contributed by atoms with Gasteiger partial charge in [0.05, 0.1) is 6.54 Å². The average molecular weight is 225 g/mol. The third-order valence-corrected chi connectivity index (χ3v) is 1.43. The molecule has 0 spiro atoms. The van der Waals surface area contributed by atoms with E-state index < -0.39 is 36.9 Å². The minimum atomic E-state index is -3.38. The highest BCUT2D eigenvalue weighted by Gasteiger charge is 2.27. The molecule has 0 aliphatic carbocycles. The molecular formula is C7H7F4N3O. The summed E-state index contributed by atoms with van der Waals surface area (Å²) in [5, 5.41) is 10.2. The van der Waals surface area contributed by atoms with E-state index in [0.717, 1.165) is 0 Å². The van der Waals surface area contributed by atoms with Gasteiger partial charge in [0.2, 0.25) is 5.95 Å². The van der Waals surface area contributed by atoms with Crippen LogP contribution in [0.15, 0.2) is 6.07 Å². The summed E-state index contributed by atoms with van der Waals surface area (Å²) in [5.74, 6) is -4.96. The zero-order chi connectivity index (χ0) is 11.5. The molecule has 1 aromatic heterocycles. The van der Waals surface area contributed by atoms with Gasteiger partial charge in [-0.2, -0.15) is 18.7 Å². The second-order valence-corrected chi connectivity index (χ2v) is 2.71. The normalized spacial score (nSPS) is 11.5. The van der Waals surface area contributed by atoms with Gasteiger partial charge < -0.3 is 10.4 Å². The van der Waals surface area contributed by atoms with Crippen molar-refractivity contribution in [1.82, 2.24) is 9.97 Å². The van der Waals surface area contributed by atoms with E-state index in [-0.39, 0.29) is 0 Å². The number of rotatable bonds is 4. The predicted molar refractivity (Wildman–Crippen MR) is 42.5 cm³/mol. The topological polar surface area (TPSA) is 58.0 Å². The maximum atomic E-state index is 12.5. The monoisotopic (exact) mass is 225 g/mol. The third-order valence-electron chi connectivity index (χ3n) is 1.43. The van der Waals surface area contributed by atoms with E-state index >= 15 is 0 Å². The molecule has 0 fully saturated rings. The average Bonchev–Trinajstić information content (AvgIpc) is 2.14. The summed E-state index contributed by atoms with van der Waals surface area (Å²) < 4.78 is 49.8. The number of nitrogens with one attached hydrogen (secondary N) is 1. The number of aromatic nitrogens is 2. The van der Waals surface area contributed by atoms with Crippen molar-refractivity contribution < 1.29 is 22.7 Å². The SMILES string of the molecule is OCC(F)(F)CNc1cc(F)nc(F)n1. The summed E-state index contributed by atoms with van der Waals surface area (Å²) in [4.78, 5) is 5.71. The Hall–Kier alpha value is -1.44. The van der Waals surface area contributed by atoms with Crippen LogP contribution in [0, 0.1) is 12.0 Å². The Morgan fingerprint density at radius 2 is 2.00 bits per heavy atom. The van der Waals surface area contributed by atoms with Crippen LogP contribution in [0.25, 0.3) is 0 Å². The molecule has 0 unspecified atom stereocenters. The first kappa shape index (κ1) is 11.6. The van der Waals surface area contributed by atoms with Gasteiger partial charge in [0, 0.05) is 6.07 Å². The van der Waals surface area contributed by atoms with Gasteiger partial charge in [-0.25, -0.2) is 8.78 Å². The van der Waals surface area contributed by atoms with Gasteiger partial charge >= 0.3 is 6.08 Å². The summed E-state index contributed by atoms with van der Waals surface area (Å²) in [5.41, 5.74) is 0. The molecule has 0 atom stereocenters. The Balaban J connectivity index is 2.65. The molecule has 15 heavy (non-hydrogen) atoms. The zero-order valence-corrected chi connectivity index (χ0v) is 7.35. The summed E-state index contributed by atoms with van der Waals surface area (Å²) >= 11 is 0. The van der Waals surface area contributed by atoms with Crippen molar-refractivity contribution in [3.63, 3.8) is 0 Å². The van der Waals surface area contributed by atoms with Crippen LogP contribution in [0.5, 0.6) is 0 Å². The molecule has 0 radical (unpaired) electrons. The Labute approximate surface area is 82.0 Å². The predicted octanol–water partition coefficient (Wildman–Crippen LogP) is 0.794. The molecule has 2 N–H and O–H groups in total. The summed E-state index contributed by atoms with van der Waals surface area (Å²) in [6, 6.07) is 0.663. The Kier molecular flexibility index (Phi) is 3.40. The molecule has 0 saturated carbocycles. The number of aliphatic hydroxyl groups excluding tert-OH is 1. The van der Waals surface area contributed by atoms with Gasteiger partial charge in [-0.05, 0) is 0 Å². The molecule has 1 rings (SSSR count). The first-order valence-corrected chi connectivity index (χ1v) is 3.85. The molecule has 1 aromatic rings. The van der Waals surface area contributed by atoms with Crippen molar-refractivity contribution >= 4 is 5.82 Å². The number of halogens is 4.